The average molecular weight is 489 g/mol. The summed E-state index contributed by atoms with van der Waals surface area (Å²) in [5.41, 5.74) is 5.00. The third-order valence-electron chi connectivity index (χ3n) is 4.80. The third-order valence-corrected chi connectivity index (χ3v) is 4.80. The zero-order valence-electron chi connectivity index (χ0n) is 18.7. The number of amides is 5. The molecule has 0 bridgehead atoms. The number of hydrogen-bond acceptors (Lipinski definition) is 9. The Balaban J connectivity index is 1.87. The number of para-hydroxylation sites is 2. The SMILES string of the molecule is NCCCN(CCNC(=O)NC(=O)c1cccc(O)c1O)C(=O)CNC(=O)c1cccc(O)c1O. The summed E-state index contributed by atoms with van der Waals surface area (Å²) >= 11 is 0. The monoisotopic (exact) mass is 489 g/mol. The second-order valence-electron chi connectivity index (χ2n) is 7.26. The number of aromatic hydroxyl groups is 4. The van der Waals surface area contributed by atoms with E-state index in [0.29, 0.717) is 13.0 Å². The minimum absolute atomic E-state index is 0.0328. The standard InChI is InChI=1S/C22H27N5O8/c23-8-3-10-27(17(30)12-25-20(33)13-4-1-6-15(28)18(13)31)11-9-24-22(35)26-21(34)14-5-2-7-16(29)19(14)32/h1-2,4-7,28-29,31-32H,3,8-12,23H2,(H,25,33)(H2,24,26,34,35). The van der Waals surface area contributed by atoms with Gasteiger partial charge in [0.05, 0.1) is 17.7 Å². The molecule has 0 aliphatic carbocycles. The Hall–Kier alpha value is -4.52. The Morgan fingerprint density at radius 2 is 1.37 bits per heavy atom. The molecule has 2 aromatic carbocycles. The number of phenols is 4. The van der Waals surface area contributed by atoms with Crippen LogP contribution in [-0.4, -0.2) is 81.8 Å². The highest BCUT2D eigenvalue weighted by molar-refractivity contribution is 6.06. The van der Waals surface area contributed by atoms with Gasteiger partial charge in [0, 0.05) is 19.6 Å². The largest absolute Gasteiger partial charge is 0.504 e. The molecule has 188 valence electrons. The van der Waals surface area contributed by atoms with E-state index in [-0.39, 0.29) is 30.8 Å². The molecule has 0 aromatic heterocycles. The quantitative estimate of drug-likeness (QED) is 0.203. The van der Waals surface area contributed by atoms with Gasteiger partial charge in [-0.25, -0.2) is 4.79 Å². The van der Waals surface area contributed by atoms with E-state index in [2.05, 4.69) is 10.6 Å². The van der Waals surface area contributed by atoms with Crippen LogP contribution in [0.15, 0.2) is 36.4 Å². The number of carbonyl (C=O) groups excluding carboxylic acids is 4. The number of urea groups is 1. The molecule has 35 heavy (non-hydrogen) atoms. The zero-order valence-corrected chi connectivity index (χ0v) is 18.7. The summed E-state index contributed by atoms with van der Waals surface area (Å²) in [6.45, 7) is 0.0961. The predicted molar refractivity (Wildman–Crippen MR) is 123 cm³/mol. The fourth-order valence-corrected chi connectivity index (χ4v) is 2.95. The van der Waals surface area contributed by atoms with Crippen molar-refractivity contribution in [2.45, 2.75) is 6.42 Å². The van der Waals surface area contributed by atoms with Crippen molar-refractivity contribution >= 4 is 23.8 Å². The highest BCUT2D eigenvalue weighted by atomic mass is 16.3. The molecule has 0 unspecified atom stereocenters. The summed E-state index contributed by atoms with van der Waals surface area (Å²) in [5.74, 6) is -4.47. The minimum atomic E-state index is -0.940. The first-order valence-corrected chi connectivity index (χ1v) is 10.5. The Kier molecular flexibility index (Phi) is 9.66. The molecule has 0 atom stereocenters. The molecule has 2 rings (SSSR count). The van der Waals surface area contributed by atoms with Gasteiger partial charge in [0.2, 0.25) is 5.91 Å². The number of nitrogens with one attached hydrogen (secondary N) is 3. The number of nitrogens with two attached hydrogens (primary N) is 1. The van der Waals surface area contributed by atoms with Crippen LogP contribution >= 0.6 is 0 Å². The van der Waals surface area contributed by atoms with Gasteiger partial charge in [-0.3, -0.25) is 19.7 Å². The maximum Gasteiger partial charge on any atom is 0.321 e. The van der Waals surface area contributed by atoms with Crippen molar-refractivity contribution < 1.29 is 39.6 Å². The van der Waals surface area contributed by atoms with Crippen molar-refractivity contribution in [3.05, 3.63) is 47.5 Å². The average Bonchev–Trinajstić information content (AvgIpc) is 2.82. The number of nitrogens with zero attached hydrogens (tertiary/aromatic N) is 1. The molecule has 9 N–H and O–H groups in total. The van der Waals surface area contributed by atoms with E-state index in [1.807, 2.05) is 5.32 Å². The fourth-order valence-electron chi connectivity index (χ4n) is 2.95. The van der Waals surface area contributed by atoms with E-state index in [1.54, 1.807) is 0 Å². The van der Waals surface area contributed by atoms with Crippen LogP contribution in [-0.2, 0) is 4.79 Å². The maximum atomic E-state index is 12.6. The van der Waals surface area contributed by atoms with E-state index in [4.69, 9.17) is 5.73 Å². The molecule has 0 aliphatic rings. The fraction of sp³-hybridized carbons (Fsp3) is 0.273. The molecule has 2 aromatic rings. The van der Waals surface area contributed by atoms with E-state index in [9.17, 15) is 39.6 Å². The lowest BCUT2D eigenvalue weighted by Gasteiger charge is -2.23. The molecular formula is C22H27N5O8. The summed E-state index contributed by atoms with van der Waals surface area (Å²) in [5, 5.41) is 45.2. The van der Waals surface area contributed by atoms with Gasteiger partial charge in [-0.15, -0.1) is 0 Å². The molecule has 0 heterocycles. The molecule has 13 heteroatoms. The van der Waals surface area contributed by atoms with Gasteiger partial charge in [0.15, 0.2) is 23.0 Å². The first kappa shape index (κ1) is 26.7. The van der Waals surface area contributed by atoms with Gasteiger partial charge >= 0.3 is 6.03 Å². The van der Waals surface area contributed by atoms with Crippen LogP contribution in [0.4, 0.5) is 4.79 Å². The van der Waals surface area contributed by atoms with Gasteiger partial charge in [-0.1, -0.05) is 12.1 Å². The highest BCUT2D eigenvalue weighted by Crippen LogP contribution is 2.28. The Morgan fingerprint density at radius 1 is 0.800 bits per heavy atom. The van der Waals surface area contributed by atoms with E-state index in [0.717, 1.165) is 0 Å². The third kappa shape index (κ3) is 7.50. The van der Waals surface area contributed by atoms with Crippen LogP contribution in [0.3, 0.4) is 0 Å². The topological polar surface area (TPSA) is 215 Å². The summed E-state index contributed by atoms with van der Waals surface area (Å²) in [7, 11) is 0. The van der Waals surface area contributed by atoms with E-state index < -0.39 is 53.3 Å². The first-order valence-electron chi connectivity index (χ1n) is 10.5. The highest BCUT2D eigenvalue weighted by Gasteiger charge is 2.19. The van der Waals surface area contributed by atoms with Crippen LogP contribution in [0.25, 0.3) is 0 Å². The van der Waals surface area contributed by atoms with Gasteiger partial charge < -0.3 is 41.7 Å². The maximum absolute atomic E-state index is 12.6. The molecule has 13 nitrogen and oxygen atoms in total. The molecular weight excluding hydrogens is 462 g/mol. The Bertz CT molecular complexity index is 1090. The van der Waals surface area contributed by atoms with Gasteiger partial charge in [0.1, 0.15) is 0 Å². The number of imide groups is 1. The zero-order chi connectivity index (χ0) is 26.0. The lowest BCUT2D eigenvalue weighted by molar-refractivity contribution is -0.130. The molecule has 0 spiro atoms. The Labute approximate surface area is 200 Å². The Morgan fingerprint density at radius 3 is 1.94 bits per heavy atom. The number of carbonyl (C=O) groups is 4. The molecule has 5 amide bonds. The second-order valence-corrected chi connectivity index (χ2v) is 7.26. The summed E-state index contributed by atoms with van der Waals surface area (Å²) in [4.78, 5) is 50.2. The van der Waals surface area contributed by atoms with Crippen molar-refractivity contribution in [2.75, 3.05) is 32.7 Å². The molecule has 0 saturated carbocycles. The normalized spacial score (nSPS) is 10.3. The van der Waals surface area contributed by atoms with Gasteiger partial charge in [0.25, 0.3) is 11.8 Å². The molecule has 0 radical (unpaired) electrons. The van der Waals surface area contributed by atoms with E-state index >= 15 is 0 Å². The number of rotatable bonds is 10. The van der Waals surface area contributed by atoms with Crippen molar-refractivity contribution in [1.29, 1.82) is 0 Å². The minimum Gasteiger partial charge on any atom is -0.504 e. The van der Waals surface area contributed by atoms with Crippen LogP contribution in [0.1, 0.15) is 27.1 Å². The molecule has 0 saturated heterocycles. The summed E-state index contributed by atoms with van der Waals surface area (Å²) in [6.07, 6.45) is 0.453. The van der Waals surface area contributed by atoms with Crippen molar-refractivity contribution in [2.24, 2.45) is 5.73 Å². The van der Waals surface area contributed by atoms with Crippen molar-refractivity contribution in [1.82, 2.24) is 20.9 Å². The molecule has 0 aliphatic heterocycles. The van der Waals surface area contributed by atoms with Crippen molar-refractivity contribution in [3.63, 3.8) is 0 Å². The number of hydrogen-bond donors (Lipinski definition) is 8. The van der Waals surface area contributed by atoms with Crippen LogP contribution in [0.2, 0.25) is 0 Å². The van der Waals surface area contributed by atoms with Crippen LogP contribution in [0.5, 0.6) is 23.0 Å². The lowest BCUT2D eigenvalue weighted by atomic mass is 10.1. The van der Waals surface area contributed by atoms with Crippen molar-refractivity contribution in [3.8, 4) is 23.0 Å². The predicted octanol–water partition coefficient (Wildman–Crippen LogP) is -0.444. The lowest BCUT2D eigenvalue weighted by Crippen LogP contribution is -2.46. The van der Waals surface area contributed by atoms with Gasteiger partial charge in [-0.2, -0.15) is 0 Å². The molecule has 0 fully saturated rings. The number of phenolic OH excluding ortho intramolecular Hbond substituents is 4. The summed E-state index contributed by atoms with van der Waals surface area (Å²) < 4.78 is 0. The van der Waals surface area contributed by atoms with Crippen LogP contribution < -0.4 is 21.7 Å². The summed E-state index contributed by atoms with van der Waals surface area (Å²) in [6, 6.07) is 6.67. The number of benzene rings is 2. The van der Waals surface area contributed by atoms with Gasteiger partial charge in [-0.05, 0) is 37.2 Å². The smallest absolute Gasteiger partial charge is 0.321 e. The first-order chi connectivity index (χ1) is 16.6. The van der Waals surface area contributed by atoms with E-state index in [1.165, 1.54) is 41.3 Å². The van der Waals surface area contributed by atoms with Crippen LogP contribution in [0, 0.1) is 0 Å². The second kappa shape index (κ2) is 12.6.